The summed E-state index contributed by atoms with van der Waals surface area (Å²) in [5, 5.41) is 0. The maximum Gasteiger partial charge on any atom is 0.184 e. The van der Waals surface area contributed by atoms with Crippen LogP contribution in [-0.2, 0) is 0 Å². The van der Waals surface area contributed by atoms with Crippen LogP contribution in [0.25, 0.3) is 10.7 Å². The molecule has 0 aliphatic carbocycles. The van der Waals surface area contributed by atoms with Crippen molar-refractivity contribution in [2.24, 2.45) is 0 Å². The zero-order valence-corrected chi connectivity index (χ0v) is 7.89. The summed E-state index contributed by atoms with van der Waals surface area (Å²) in [7, 11) is 0. The minimum atomic E-state index is 0.375. The van der Waals surface area contributed by atoms with Crippen LogP contribution in [0.5, 0.6) is 0 Å². The van der Waals surface area contributed by atoms with Crippen molar-refractivity contribution >= 4 is 29.2 Å². The molecule has 4 nitrogen and oxygen atoms in total. The van der Waals surface area contributed by atoms with Crippen LogP contribution in [-0.4, -0.2) is 21.2 Å². The summed E-state index contributed by atoms with van der Waals surface area (Å²) in [4.78, 5) is 21.9. The van der Waals surface area contributed by atoms with Crippen LogP contribution < -0.4 is 0 Å². The van der Waals surface area contributed by atoms with Crippen LogP contribution in [0.2, 0.25) is 4.47 Å². The molecule has 0 saturated heterocycles. The van der Waals surface area contributed by atoms with Gasteiger partial charge in [-0.05, 0) is 0 Å². The van der Waals surface area contributed by atoms with Crippen LogP contribution in [0.15, 0.2) is 12.4 Å². The summed E-state index contributed by atoms with van der Waals surface area (Å²) in [6.45, 7) is 0. The van der Waals surface area contributed by atoms with Gasteiger partial charge in [-0.1, -0.05) is 22.9 Å². The van der Waals surface area contributed by atoms with Crippen molar-refractivity contribution < 1.29 is 4.79 Å². The normalized spacial score (nSPS) is 10.2. The number of thiazole rings is 1. The van der Waals surface area contributed by atoms with Crippen molar-refractivity contribution in [3.63, 3.8) is 0 Å². The lowest BCUT2D eigenvalue weighted by atomic mass is 10.5. The number of carbonyl (C=O) groups is 1. The third-order valence-electron chi connectivity index (χ3n) is 1.43. The number of aromatic amines is 1. The Hall–Kier alpha value is -1.20. The fourth-order valence-electron chi connectivity index (χ4n) is 0.885. The van der Waals surface area contributed by atoms with Crippen LogP contribution in [0, 0.1) is 0 Å². The molecular formula is C7H4ClN3OS. The lowest BCUT2D eigenvalue weighted by Crippen LogP contribution is -1.77. The molecular weight excluding hydrogens is 210 g/mol. The van der Waals surface area contributed by atoms with Crippen LogP contribution in [0.1, 0.15) is 10.5 Å². The highest BCUT2D eigenvalue weighted by atomic mass is 35.5. The molecule has 0 radical (unpaired) electrons. The van der Waals surface area contributed by atoms with Gasteiger partial charge >= 0.3 is 0 Å². The lowest BCUT2D eigenvalue weighted by molar-refractivity contribution is 0.111. The van der Waals surface area contributed by atoms with Crippen molar-refractivity contribution in [3.8, 4) is 10.7 Å². The Morgan fingerprint density at radius 3 is 3.00 bits per heavy atom. The second-order valence-corrected chi connectivity index (χ2v) is 3.88. The van der Waals surface area contributed by atoms with Crippen LogP contribution in [0.3, 0.4) is 0 Å². The average molecular weight is 214 g/mol. The third-order valence-corrected chi connectivity index (χ3v) is 2.55. The van der Waals surface area contributed by atoms with Crippen LogP contribution in [0.4, 0.5) is 0 Å². The predicted molar refractivity (Wildman–Crippen MR) is 50.1 cm³/mol. The zero-order valence-electron chi connectivity index (χ0n) is 6.32. The topological polar surface area (TPSA) is 58.6 Å². The fourth-order valence-corrected chi connectivity index (χ4v) is 1.78. The largest absolute Gasteiger partial charge is 0.343 e. The molecule has 0 aliphatic rings. The summed E-state index contributed by atoms with van der Waals surface area (Å²) in [5.41, 5.74) is 0.375. The second-order valence-electron chi connectivity index (χ2n) is 2.27. The van der Waals surface area contributed by atoms with Gasteiger partial charge in [0.05, 0.1) is 11.1 Å². The Bertz CT molecular complexity index is 436. The van der Waals surface area contributed by atoms with Crippen molar-refractivity contribution in [1.82, 2.24) is 15.0 Å². The first kappa shape index (κ1) is 8.40. The highest BCUT2D eigenvalue weighted by Gasteiger charge is 2.06. The number of aromatic nitrogens is 3. The van der Waals surface area contributed by atoms with E-state index in [2.05, 4.69) is 15.0 Å². The fraction of sp³-hybridized carbons (Fsp3) is 0. The summed E-state index contributed by atoms with van der Waals surface area (Å²) in [6, 6.07) is 0. The molecule has 0 fully saturated rings. The van der Waals surface area contributed by atoms with Gasteiger partial charge < -0.3 is 4.98 Å². The SMILES string of the molecule is O=Cc1c[nH]c(-c2cnc(Cl)s2)n1. The number of halogens is 1. The van der Waals surface area contributed by atoms with Gasteiger partial charge in [0.15, 0.2) is 10.8 Å². The molecule has 0 amide bonds. The first-order valence-electron chi connectivity index (χ1n) is 3.42. The molecule has 2 aromatic heterocycles. The van der Waals surface area contributed by atoms with Crippen molar-refractivity contribution in [2.75, 3.05) is 0 Å². The maximum atomic E-state index is 10.3. The monoisotopic (exact) mass is 213 g/mol. The number of imidazole rings is 1. The van der Waals surface area contributed by atoms with Crippen molar-refractivity contribution in [2.45, 2.75) is 0 Å². The van der Waals surface area contributed by atoms with Gasteiger partial charge in [-0.25, -0.2) is 9.97 Å². The number of nitrogens with zero attached hydrogens (tertiary/aromatic N) is 2. The summed E-state index contributed by atoms with van der Waals surface area (Å²) >= 11 is 6.96. The van der Waals surface area contributed by atoms with E-state index in [9.17, 15) is 4.79 Å². The average Bonchev–Trinajstić information content (AvgIpc) is 2.71. The highest BCUT2D eigenvalue weighted by molar-refractivity contribution is 7.18. The summed E-state index contributed by atoms with van der Waals surface area (Å²) < 4.78 is 0.457. The van der Waals surface area contributed by atoms with E-state index >= 15 is 0 Å². The minimum Gasteiger partial charge on any atom is -0.343 e. The quantitative estimate of drug-likeness (QED) is 0.777. The molecule has 0 aromatic carbocycles. The van der Waals surface area contributed by atoms with Crippen molar-refractivity contribution in [3.05, 3.63) is 22.6 Å². The molecule has 2 heterocycles. The first-order chi connectivity index (χ1) is 6.29. The molecule has 1 N–H and O–H groups in total. The van der Waals surface area contributed by atoms with E-state index in [4.69, 9.17) is 11.6 Å². The molecule has 13 heavy (non-hydrogen) atoms. The van der Waals surface area contributed by atoms with E-state index in [-0.39, 0.29) is 0 Å². The molecule has 0 bridgehead atoms. The molecule has 0 saturated carbocycles. The number of nitrogens with one attached hydrogen (secondary N) is 1. The van der Waals surface area contributed by atoms with E-state index < -0.39 is 0 Å². The van der Waals surface area contributed by atoms with Gasteiger partial charge in [-0.3, -0.25) is 4.79 Å². The Morgan fingerprint density at radius 1 is 1.62 bits per heavy atom. The molecule has 2 rings (SSSR count). The second kappa shape index (κ2) is 3.27. The van der Waals surface area contributed by atoms with Gasteiger partial charge in [0.2, 0.25) is 0 Å². The number of H-pyrrole nitrogens is 1. The Kier molecular flexibility index (Phi) is 2.12. The minimum absolute atomic E-state index is 0.375. The number of hydrogen-bond acceptors (Lipinski definition) is 4. The van der Waals surface area contributed by atoms with Gasteiger partial charge in [0, 0.05) is 6.20 Å². The molecule has 2 aromatic rings. The zero-order chi connectivity index (χ0) is 9.26. The Balaban J connectivity index is 2.40. The number of hydrogen-bond donors (Lipinski definition) is 1. The Labute approximate surface area is 82.6 Å². The molecule has 0 spiro atoms. The van der Waals surface area contributed by atoms with Gasteiger partial charge in [0.25, 0.3) is 0 Å². The van der Waals surface area contributed by atoms with Gasteiger partial charge in [-0.15, -0.1) is 0 Å². The van der Waals surface area contributed by atoms with E-state index in [1.807, 2.05) is 0 Å². The molecule has 0 aliphatic heterocycles. The van der Waals surface area contributed by atoms with E-state index in [0.29, 0.717) is 22.3 Å². The third kappa shape index (κ3) is 1.61. The van der Waals surface area contributed by atoms with Gasteiger partial charge in [-0.2, -0.15) is 0 Å². The predicted octanol–water partition coefficient (Wildman–Crippen LogP) is 2.00. The smallest absolute Gasteiger partial charge is 0.184 e. The number of carbonyl (C=O) groups excluding carboxylic acids is 1. The first-order valence-corrected chi connectivity index (χ1v) is 4.61. The molecule has 66 valence electrons. The number of rotatable bonds is 2. The highest BCUT2D eigenvalue weighted by Crippen LogP contribution is 2.25. The number of aldehydes is 1. The molecule has 0 unspecified atom stereocenters. The standard InChI is InChI=1S/C7H4ClN3OS/c8-7-10-2-5(13-7)6-9-1-4(3-12)11-6/h1-3H,(H,9,11). The lowest BCUT2D eigenvalue weighted by Gasteiger charge is -1.84. The van der Waals surface area contributed by atoms with E-state index in [0.717, 1.165) is 4.88 Å². The summed E-state index contributed by atoms with van der Waals surface area (Å²) in [6.07, 6.45) is 3.83. The Morgan fingerprint density at radius 2 is 2.46 bits per heavy atom. The summed E-state index contributed by atoms with van der Waals surface area (Å²) in [5.74, 6) is 0.617. The van der Waals surface area contributed by atoms with E-state index in [1.165, 1.54) is 17.5 Å². The molecule has 6 heteroatoms. The molecule has 0 atom stereocenters. The van der Waals surface area contributed by atoms with Crippen molar-refractivity contribution in [1.29, 1.82) is 0 Å². The van der Waals surface area contributed by atoms with Gasteiger partial charge in [0.1, 0.15) is 11.5 Å². The van der Waals surface area contributed by atoms with Crippen LogP contribution >= 0.6 is 22.9 Å². The van der Waals surface area contributed by atoms with E-state index in [1.54, 1.807) is 6.20 Å². The maximum absolute atomic E-state index is 10.3.